The molecule has 0 amide bonds. The minimum Gasteiger partial charge on any atom is -0.437 e. The summed E-state index contributed by atoms with van der Waals surface area (Å²) in [5, 5.41) is 0. The lowest BCUT2D eigenvalue weighted by Crippen LogP contribution is -2.14. The van der Waals surface area contributed by atoms with Gasteiger partial charge in [-0.2, -0.15) is 0 Å². The molecule has 0 saturated heterocycles. The number of methoxy groups -OCH3 is 1. The van der Waals surface area contributed by atoms with Crippen LogP contribution in [0.15, 0.2) is 67.0 Å². The second-order valence-corrected chi connectivity index (χ2v) is 7.63. The van der Waals surface area contributed by atoms with Crippen LogP contribution < -0.4 is 4.74 Å². The van der Waals surface area contributed by atoms with Gasteiger partial charge in [-0.1, -0.05) is 18.2 Å². The van der Waals surface area contributed by atoms with Crippen molar-refractivity contribution in [3.8, 4) is 11.6 Å². The number of fused-ring (bicyclic) bond motifs is 1. The van der Waals surface area contributed by atoms with Crippen LogP contribution in [0.4, 0.5) is 0 Å². The molecule has 4 aromatic rings. The third kappa shape index (κ3) is 4.02. The molecule has 1 aliphatic carbocycles. The third-order valence-electron chi connectivity index (χ3n) is 5.60. The number of hydrogen-bond donors (Lipinski definition) is 1. The molecule has 7 heteroatoms. The highest BCUT2D eigenvalue weighted by Gasteiger charge is 2.20. The summed E-state index contributed by atoms with van der Waals surface area (Å²) in [6, 6.07) is 14.5. The Bertz CT molecular complexity index is 1260. The van der Waals surface area contributed by atoms with Crippen LogP contribution in [0.2, 0.25) is 0 Å². The van der Waals surface area contributed by atoms with Crippen molar-refractivity contribution in [2.24, 2.45) is 0 Å². The molecule has 2 aromatic heterocycles. The molecule has 160 valence electrons. The molecule has 0 spiro atoms. The van der Waals surface area contributed by atoms with Gasteiger partial charge in [0, 0.05) is 25.1 Å². The normalized spacial score (nSPS) is 16.0. The molecule has 2 heterocycles. The Balaban J connectivity index is 1.34. The number of nitrogens with zero attached hydrogens (tertiary/aromatic N) is 3. The highest BCUT2D eigenvalue weighted by molar-refractivity contribution is 6.08. The fraction of sp³-hybridized carbons (Fsp3) is 0.200. The Morgan fingerprint density at radius 1 is 1.06 bits per heavy atom. The number of para-hydroxylation sites is 2. The number of carbonyl (C=O) groups is 1. The molecule has 5 rings (SSSR count). The van der Waals surface area contributed by atoms with Crippen LogP contribution in [0.1, 0.15) is 41.1 Å². The maximum absolute atomic E-state index is 12.8. The van der Waals surface area contributed by atoms with E-state index in [4.69, 9.17) is 9.47 Å². The number of ether oxygens (including phenoxy) is 2. The van der Waals surface area contributed by atoms with Gasteiger partial charge in [-0.05, 0) is 61.2 Å². The first-order chi connectivity index (χ1) is 15.7. The van der Waals surface area contributed by atoms with Crippen LogP contribution >= 0.6 is 0 Å². The van der Waals surface area contributed by atoms with Gasteiger partial charge >= 0.3 is 0 Å². The topological polar surface area (TPSA) is 90.0 Å². The van der Waals surface area contributed by atoms with E-state index in [1.54, 1.807) is 43.8 Å². The minimum atomic E-state index is -0.173. The largest absolute Gasteiger partial charge is 0.437 e. The van der Waals surface area contributed by atoms with Gasteiger partial charge in [0.1, 0.15) is 11.4 Å². The van der Waals surface area contributed by atoms with E-state index in [0.717, 1.165) is 41.6 Å². The number of aromatic nitrogens is 4. The Labute approximate surface area is 185 Å². The van der Waals surface area contributed by atoms with Crippen LogP contribution in [0.3, 0.4) is 0 Å². The van der Waals surface area contributed by atoms with E-state index < -0.39 is 0 Å². The van der Waals surface area contributed by atoms with Gasteiger partial charge in [0.25, 0.3) is 0 Å². The van der Waals surface area contributed by atoms with E-state index in [-0.39, 0.29) is 11.9 Å². The number of rotatable bonds is 6. The van der Waals surface area contributed by atoms with Crippen molar-refractivity contribution in [1.82, 2.24) is 19.9 Å². The van der Waals surface area contributed by atoms with Crippen LogP contribution in [0.25, 0.3) is 16.6 Å². The van der Waals surface area contributed by atoms with E-state index in [0.29, 0.717) is 23.0 Å². The van der Waals surface area contributed by atoms with Crippen molar-refractivity contribution in [1.29, 1.82) is 0 Å². The average Bonchev–Trinajstić information content (AvgIpc) is 3.29. The molecule has 0 fully saturated rings. The zero-order valence-corrected chi connectivity index (χ0v) is 17.6. The molecule has 0 radical (unpaired) electrons. The van der Waals surface area contributed by atoms with E-state index in [2.05, 4.69) is 26.0 Å². The fourth-order valence-electron chi connectivity index (χ4n) is 3.84. The summed E-state index contributed by atoms with van der Waals surface area (Å²) in [6.45, 7) is 0. The second-order valence-electron chi connectivity index (χ2n) is 7.63. The molecule has 0 aliphatic heterocycles. The van der Waals surface area contributed by atoms with Crippen LogP contribution in [0.5, 0.6) is 11.6 Å². The third-order valence-corrected chi connectivity index (χ3v) is 5.60. The van der Waals surface area contributed by atoms with Gasteiger partial charge in [-0.15, -0.1) is 0 Å². The van der Waals surface area contributed by atoms with E-state index in [1.807, 2.05) is 24.3 Å². The lowest BCUT2D eigenvalue weighted by molar-refractivity contribution is 0.0963. The number of H-pyrrole nitrogens is 1. The number of aromatic amines is 1. The molecule has 7 nitrogen and oxygen atoms in total. The molecule has 1 atom stereocenters. The summed E-state index contributed by atoms with van der Waals surface area (Å²) in [5.74, 6) is 1.17. The zero-order valence-electron chi connectivity index (χ0n) is 17.6. The standard InChI is InChI=1S/C25H22N4O3/c1-31-18-10-6-16(7-11-18)22-25(27-15-14-26-22)32-19-12-8-17(9-13-19)23(30)24-28-20-4-2-3-5-21(20)29-24/h2-6,8-9,12-15,18H,7,10-11H2,1H3,(H,28,29)/t18-/m0/s1. The summed E-state index contributed by atoms with van der Waals surface area (Å²) in [5.41, 5.74) is 3.97. The van der Waals surface area contributed by atoms with Crippen molar-refractivity contribution in [2.45, 2.75) is 25.4 Å². The van der Waals surface area contributed by atoms with Gasteiger partial charge < -0.3 is 14.5 Å². The SMILES string of the molecule is CO[C@H]1CC=C(c2nccnc2Oc2ccc(C(=O)c3nc4ccccc4[nH]3)cc2)CC1. The molecule has 0 saturated carbocycles. The summed E-state index contributed by atoms with van der Waals surface area (Å²) in [4.78, 5) is 29.2. The zero-order chi connectivity index (χ0) is 21.9. The Morgan fingerprint density at radius 2 is 1.88 bits per heavy atom. The lowest BCUT2D eigenvalue weighted by atomic mass is 9.95. The van der Waals surface area contributed by atoms with Crippen molar-refractivity contribution >= 4 is 22.4 Å². The fourth-order valence-corrected chi connectivity index (χ4v) is 3.84. The van der Waals surface area contributed by atoms with Crippen molar-refractivity contribution in [3.63, 3.8) is 0 Å². The number of allylic oxidation sites excluding steroid dienone is 1. The number of imidazole rings is 1. The predicted molar refractivity (Wildman–Crippen MR) is 121 cm³/mol. The monoisotopic (exact) mass is 426 g/mol. The summed E-state index contributed by atoms with van der Waals surface area (Å²) in [6.07, 6.45) is 8.32. The molecule has 32 heavy (non-hydrogen) atoms. The first kappa shape index (κ1) is 20.1. The highest BCUT2D eigenvalue weighted by Crippen LogP contribution is 2.33. The van der Waals surface area contributed by atoms with E-state index in [1.165, 1.54) is 0 Å². The molecular weight excluding hydrogens is 404 g/mol. The number of ketones is 1. The van der Waals surface area contributed by atoms with Crippen molar-refractivity contribution in [2.75, 3.05) is 7.11 Å². The Morgan fingerprint density at radius 3 is 2.62 bits per heavy atom. The second kappa shape index (κ2) is 8.72. The number of benzene rings is 2. The predicted octanol–water partition coefficient (Wildman–Crippen LogP) is 4.96. The molecule has 2 aromatic carbocycles. The van der Waals surface area contributed by atoms with Gasteiger partial charge in [0.2, 0.25) is 11.7 Å². The van der Waals surface area contributed by atoms with Gasteiger partial charge in [-0.25, -0.2) is 15.0 Å². The number of nitrogens with one attached hydrogen (secondary N) is 1. The quantitative estimate of drug-likeness (QED) is 0.438. The van der Waals surface area contributed by atoms with Crippen molar-refractivity contribution < 1.29 is 14.3 Å². The first-order valence-electron chi connectivity index (χ1n) is 10.5. The molecule has 0 bridgehead atoms. The maximum atomic E-state index is 12.8. The Hall–Kier alpha value is -3.84. The molecule has 1 aliphatic rings. The highest BCUT2D eigenvalue weighted by atomic mass is 16.5. The minimum absolute atomic E-state index is 0.173. The van der Waals surface area contributed by atoms with Crippen LogP contribution in [0, 0.1) is 0 Å². The number of hydrogen-bond acceptors (Lipinski definition) is 6. The lowest BCUT2D eigenvalue weighted by Gasteiger charge is -2.21. The van der Waals surface area contributed by atoms with Gasteiger partial charge in [0.15, 0.2) is 5.82 Å². The van der Waals surface area contributed by atoms with E-state index >= 15 is 0 Å². The average molecular weight is 426 g/mol. The molecule has 0 unspecified atom stereocenters. The first-order valence-corrected chi connectivity index (χ1v) is 10.5. The molecule has 1 N–H and O–H groups in total. The van der Waals surface area contributed by atoms with E-state index in [9.17, 15) is 4.79 Å². The smallest absolute Gasteiger partial charge is 0.245 e. The number of carbonyl (C=O) groups excluding carboxylic acids is 1. The van der Waals surface area contributed by atoms with Crippen LogP contribution in [-0.2, 0) is 4.74 Å². The van der Waals surface area contributed by atoms with Crippen LogP contribution in [-0.4, -0.2) is 38.9 Å². The summed E-state index contributed by atoms with van der Waals surface area (Å²) >= 11 is 0. The van der Waals surface area contributed by atoms with Gasteiger partial charge in [0.05, 0.1) is 17.1 Å². The Kier molecular flexibility index (Phi) is 5.47. The molecular formula is C25H22N4O3. The van der Waals surface area contributed by atoms with Crippen molar-refractivity contribution in [3.05, 3.63) is 84.1 Å². The summed E-state index contributed by atoms with van der Waals surface area (Å²) in [7, 11) is 1.74. The van der Waals surface area contributed by atoms with Gasteiger partial charge in [-0.3, -0.25) is 4.79 Å². The maximum Gasteiger partial charge on any atom is 0.245 e. The summed E-state index contributed by atoms with van der Waals surface area (Å²) < 4.78 is 11.5.